The van der Waals surface area contributed by atoms with Crippen LogP contribution in [0.15, 0.2) is 36.4 Å². The molecule has 0 aromatic heterocycles. The van der Waals surface area contributed by atoms with E-state index in [9.17, 15) is 13.2 Å². The molecule has 1 aliphatic heterocycles. The Morgan fingerprint density at radius 1 is 1.12 bits per heavy atom. The summed E-state index contributed by atoms with van der Waals surface area (Å²) in [4.78, 5) is 14.7. The molecule has 3 rings (SSSR count). The number of rotatable bonds is 8. The third-order valence-electron chi connectivity index (χ3n) is 5.76. The number of hydrogen-bond donors (Lipinski definition) is 0. The van der Waals surface area contributed by atoms with Crippen molar-refractivity contribution in [3.05, 3.63) is 57.6 Å². The van der Waals surface area contributed by atoms with Crippen molar-refractivity contribution in [2.75, 3.05) is 34.4 Å². The molecule has 1 saturated heterocycles. The molecule has 0 radical (unpaired) electrons. The zero-order chi connectivity index (χ0) is 24.2. The minimum atomic E-state index is -3.69. The molecule has 7 nitrogen and oxygen atoms in total. The number of hydrogen-bond acceptors (Lipinski definition) is 5. The Labute approximate surface area is 205 Å². The van der Waals surface area contributed by atoms with E-state index in [1.807, 2.05) is 12.1 Å². The Kier molecular flexibility index (Phi) is 8.50. The number of methoxy groups -OCH3 is 2. The van der Waals surface area contributed by atoms with Gasteiger partial charge in [-0.2, -0.15) is 0 Å². The Balaban J connectivity index is 1.68. The van der Waals surface area contributed by atoms with Crippen LogP contribution in [0, 0.1) is 5.92 Å². The van der Waals surface area contributed by atoms with Gasteiger partial charge in [-0.25, -0.2) is 12.7 Å². The van der Waals surface area contributed by atoms with Gasteiger partial charge in [-0.15, -0.1) is 0 Å². The van der Waals surface area contributed by atoms with Crippen LogP contribution < -0.4 is 9.47 Å². The van der Waals surface area contributed by atoms with Crippen molar-refractivity contribution in [1.82, 2.24) is 9.21 Å². The average molecular weight is 515 g/mol. The summed E-state index contributed by atoms with van der Waals surface area (Å²) >= 11 is 12.3. The molecule has 0 unspecified atom stereocenters. The molecule has 2 aromatic carbocycles. The van der Waals surface area contributed by atoms with Gasteiger partial charge in [0.05, 0.1) is 25.9 Å². The first-order valence-corrected chi connectivity index (χ1v) is 12.9. The van der Waals surface area contributed by atoms with E-state index in [4.69, 9.17) is 32.7 Å². The molecule has 0 aliphatic carbocycles. The van der Waals surface area contributed by atoms with Gasteiger partial charge in [0.15, 0.2) is 11.5 Å². The van der Waals surface area contributed by atoms with Crippen LogP contribution in [0.1, 0.15) is 24.0 Å². The quantitative estimate of drug-likeness (QED) is 0.527. The van der Waals surface area contributed by atoms with E-state index in [1.54, 1.807) is 50.4 Å². The summed E-state index contributed by atoms with van der Waals surface area (Å²) in [6, 6.07) is 10.4. The third kappa shape index (κ3) is 6.12. The summed E-state index contributed by atoms with van der Waals surface area (Å²) < 4.78 is 38.1. The Morgan fingerprint density at radius 3 is 2.42 bits per heavy atom. The van der Waals surface area contributed by atoms with E-state index in [2.05, 4.69) is 0 Å². The van der Waals surface area contributed by atoms with Crippen molar-refractivity contribution in [1.29, 1.82) is 0 Å². The number of carbonyl (C=O) groups excluding carboxylic acids is 1. The van der Waals surface area contributed by atoms with Gasteiger partial charge >= 0.3 is 0 Å². The fourth-order valence-corrected chi connectivity index (χ4v) is 6.35. The molecular formula is C23H28Cl2N2O5S. The molecule has 1 heterocycles. The van der Waals surface area contributed by atoms with Crippen LogP contribution in [0.5, 0.6) is 11.5 Å². The predicted molar refractivity (Wildman–Crippen MR) is 129 cm³/mol. The van der Waals surface area contributed by atoms with E-state index < -0.39 is 15.9 Å². The molecule has 1 fully saturated rings. The summed E-state index contributed by atoms with van der Waals surface area (Å²) in [7, 11) is 1.16. The maximum absolute atomic E-state index is 13.1. The molecule has 10 heteroatoms. The number of carbonyl (C=O) groups is 1. The Bertz CT molecular complexity index is 1090. The molecule has 0 N–H and O–H groups in total. The van der Waals surface area contributed by atoms with Crippen LogP contribution in [-0.2, 0) is 27.1 Å². The fourth-order valence-electron chi connectivity index (χ4n) is 3.98. The molecular weight excluding hydrogens is 487 g/mol. The summed E-state index contributed by atoms with van der Waals surface area (Å²) in [5, 5.41) is 0.621. The second-order valence-corrected chi connectivity index (χ2v) is 10.8. The van der Waals surface area contributed by atoms with Crippen molar-refractivity contribution in [3.8, 4) is 11.5 Å². The van der Waals surface area contributed by atoms with Crippen molar-refractivity contribution in [2.24, 2.45) is 5.92 Å². The number of benzene rings is 2. The zero-order valence-corrected chi connectivity index (χ0v) is 21.2. The number of sulfonamides is 1. The van der Waals surface area contributed by atoms with E-state index in [1.165, 1.54) is 4.31 Å². The number of nitrogens with zero attached hydrogens (tertiary/aromatic N) is 2. The molecule has 0 saturated carbocycles. The number of amides is 1. The number of ether oxygens (including phenoxy) is 2. The van der Waals surface area contributed by atoms with Crippen LogP contribution in [0.4, 0.5) is 0 Å². The molecule has 0 bridgehead atoms. The molecule has 1 atom stereocenters. The maximum Gasteiger partial charge on any atom is 0.227 e. The minimum Gasteiger partial charge on any atom is -0.493 e. The van der Waals surface area contributed by atoms with Gasteiger partial charge in [0.1, 0.15) is 0 Å². The van der Waals surface area contributed by atoms with Crippen molar-refractivity contribution in [3.63, 3.8) is 0 Å². The van der Waals surface area contributed by atoms with Crippen LogP contribution in [0.2, 0.25) is 10.0 Å². The smallest absolute Gasteiger partial charge is 0.227 e. The second kappa shape index (κ2) is 11.0. The van der Waals surface area contributed by atoms with Gasteiger partial charge in [-0.05, 0) is 42.7 Å². The lowest BCUT2D eigenvalue weighted by molar-refractivity contribution is -0.135. The second-order valence-electron chi connectivity index (χ2n) is 8.04. The fraction of sp³-hybridized carbons (Fsp3) is 0.435. The molecule has 0 spiro atoms. The monoisotopic (exact) mass is 514 g/mol. The first kappa shape index (κ1) is 25.6. The van der Waals surface area contributed by atoms with Crippen molar-refractivity contribution < 1.29 is 22.7 Å². The standard InChI is InChI=1S/C23H28Cl2N2O5S/c1-26(13-16-9-10-21(31-2)22(12-16)32-3)23(28)17-6-5-11-27(14-17)33(29,30)15-18-19(24)7-4-8-20(18)25/h4,7-10,12,17H,5-6,11,13-15H2,1-3H3/t17-/m0/s1. The Hall–Kier alpha value is -2.00. The molecule has 2 aromatic rings. The SMILES string of the molecule is COc1ccc(CN(C)C(=O)[C@H]2CCCN(S(=O)(=O)Cc3c(Cl)cccc3Cl)C2)cc1OC. The minimum absolute atomic E-state index is 0.0968. The van der Waals surface area contributed by atoms with Gasteiger partial charge in [0.25, 0.3) is 0 Å². The Morgan fingerprint density at radius 2 is 1.79 bits per heavy atom. The molecule has 1 aliphatic rings. The summed E-state index contributed by atoms with van der Waals surface area (Å²) in [5.41, 5.74) is 1.26. The third-order valence-corrected chi connectivity index (χ3v) is 8.24. The highest BCUT2D eigenvalue weighted by Gasteiger charge is 2.34. The first-order chi connectivity index (χ1) is 15.7. The summed E-state index contributed by atoms with van der Waals surface area (Å²) in [6.45, 7) is 0.880. The maximum atomic E-state index is 13.1. The number of piperidine rings is 1. The van der Waals surface area contributed by atoms with Crippen molar-refractivity contribution in [2.45, 2.75) is 25.1 Å². The highest BCUT2D eigenvalue weighted by Crippen LogP contribution is 2.30. The van der Waals surface area contributed by atoms with Crippen LogP contribution in [0.25, 0.3) is 0 Å². The van der Waals surface area contributed by atoms with Gasteiger partial charge in [-0.1, -0.05) is 35.3 Å². The lowest BCUT2D eigenvalue weighted by Crippen LogP contribution is -2.46. The van der Waals surface area contributed by atoms with E-state index in [0.29, 0.717) is 53.0 Å². The molecule has 180 valence electrons. The lowest BCUT2D eigenvalue weighted by atomic mass is 9.98. The van der Waals surface area contributed by atoms with Gasteiger partial charge < -0.3 is 14.4 Å². The van der Waals surface area contributed by atoms with E-state index >= 15 is 0 Å². The van der Waals surface area contributed by atoms with Crippen LogP contribution in [0.3, 0.4) is 0 Å². The highest BCUT2D eigenvalue weighted by atomic mass is 35.5. The summed E-state index contributed by atoms with van der Waals surface area (Å²) in [5.74, 6) is 0.389. The van der Waals surface area contributed by atoms with Crippen LogP contribution in [-0.4, -0.2) is 57.9 Å². The topological polar surface area (TPSA) is 76.2 Å². The van der Waals surface area contributed by atoms with Gasteiger partial charge in [0, 0.05) is 42.3 Å². The average Bonchev–Trinajstić information content (AvgIpc) is 2.81. The van der Waals surface area contributed by atoms with Gasteiger partial charge in [0.2, 0.25) is 15.9 Å². The predicted octanol–water partition coefficient (Wildman–Crippen LogP) is 4.21. The number of halogens is 2. The normalized spacial score (nSPS) is 16.9. The van der Waals surface area contributed by atoms with E-state index in [-0.39, 0.29) is 18.2 Å². The highest BCUT2D eigenvalue weighted by molar-refractivity contribution is 7.88. The van der Waals surface area contributed by atoms with Crippen molar-refractivity contribution >= 4 is 39.1 Å². The summed E-state index contributed by atoms with van der Waals surface area (Å²) in [6.07, 6.45) is 1.24. The first-order valence-electron chi connectivity index (χ1n) is 10.5. The zero-order valence-electron chi connectivity index (χ0n) is 18.9. The molecule has 33 heavy (non-hydrogen) atoms. The lowest BCUT2D eigenvalue weighted by Gasteiger charge is -2.33. The van der Waals surface area contributed by atoms with Gasteiger partial charge in [-0.3, -0.25) is 4.79 Å². The molecule has 1 amide bonds. The largest absolute Gasteiger partial charge is 0.493 e. The van der Waals surface area contributed by atoms with Crippen LogP contribution >= 0.6 is 23.2 Å². The van der Waals surface area contributed by atoms with E-state index in [0.717, 1.165) is 5.56 Å².